The zero-order valence-electron chi connectivity index (χ0n) is 18.2. The maximum atomic E-state index is 12.9. The van der Waals surface area contributed by atoms with Crippen LogP contribution in [0.3, 0.4) is 0 Å². The third-order valence-corrected chi connectivity index (χ3v) is 5.20. The number of hydrazone groups is 1. The molecule has 8 nitrogen and oxygen atoms in total. The first kappa shape index (κ1) is 25.7. The summed E-state index contributed by atoms with van der Waals surface area (Å²) in [6, 6.07) is 13.9. The molecule has 11 heteroatoms. The Balaban J connectivity index is 1.55. The van der Waals surface area contributed by atoms with E-state index < -0.39 is 23.6 Å². The summed E-state index contributed by atoms with van der Waals surface area (Å²) in [6.07, 6.45) is 1.34. The van der Waals surface area contributed by atoms with E-state index in [1.54, 1.807) is 12.1 Å². The molecule has 0 unspecified atom stereocenters. The second-order valence-electron chi connectivity index (χ2n) is 6.91. The van der Waals surface area contributed by atoms with Crippen LogP contribution in [0.2, 0.25) is 10.0 Å². The summed E-state index contributed by atoms with van der Waals surface area (Å²) in [5.74, 6) is -1.81. The highest BCUT2D eigenvalue weighted by molar-refractivity contribution is 6.42. The van der Waals surface area contributed by atoms with Crippen LogP contribution >= 0.6 is 23.2 Å². The van der Waals surface area contributed by atoms with E-state index in [-0.39, 0.29) is 34.2 Å². The predicted octanol–water partition coefficient (Wildman–Crippen LogP) is 4.24. The molecule has 0 spiro atoms. The number of carbonyl (C=O) groups excluding carboxylic acids is 3. The van der Waals surface area contributed by atoms with E-state index in [9.17, 15) is 18.8 Å². The molecule has 0 aliphatic heterocycles. The van der Waals surface area contributed by atoms with Gasteiger partial charge < -0.3 is 14.8 Å². The minimum Gasteiger partial charge on any atom is -0.493 e. The molecule has 3 aromatic carbocycles. The van der Waals surface area contributed by atoms with Gasteiger partial charge in [0.1, 0.15) is 5.82 Å². The van der Waals surface area contributed by atoms with Crippen LogP contribution in [0.4, 0.5) is 4.39 Å². The Kier molecular flexibility index (Phi) is 8.77. The average molecular weight is 518 g/mol. The van der Waals surface area contributed by atoms with Gasteiger partial charge in [-0.3, -0.25) is 9.59 Å². The van der Waals surface area contributed by atoms with Gasteiger partial charge in [-0.25, -0.2) is 14.6 Å². The number of ether oxygens (including phenoxy) is 2. The van der Waals surface area contributed by atoms with Crippen molar-refractivity contribution in [3.05, 3.63) is 93.2 Å². The molecule has 0 aromatic heterocycles. The molecule has 0 saturated carbocycles. The number of nitrogens with zero attached hydrogens (tertiary/aromatic N) is 1. The Bertz CT molecular complexity index is 1280. The summed E-state index contributed by atoms with van der Waals surface area (Å²) >= 11 is 11.8. The van der Waals surface area contributed by atoms with Gasteiger partial charge in [-0.15, -0.1) is 0 Å². The Morgan fingerprint density at radius 1 is 0.943 bits per heavy atom. The molecule has 0 radical (unpaired) electrons. The van der Waals surface area contributed by atoms with Crippen LogP contribution in [-0.2, 0) is 4.79 Å². The monoisotopic (exact) mass is 517 g/mol. The molecule has 0 aliphatic carbocycles. The highest BCUT2D eigenvalue weighted by Crippen LogP contribution is 2.29. The van der Waals surface area contributed by atoms with Crippen LogP contribution in [0, 0.1) is 5.82 Å². The lowest BCUT2D eigenvalue weighted by Crippen LogP contribution is -2.34. The first-order chi connectivity index (χ1) is 16.8. The topological polar surface area (TPSA) is 106 Å². The zero-order valence-corrected chi connectivity index (χ0v) is 19.7. The number of methoxy groups -OCH3 is 1. The molecule has 0 fully saturated rings. The number of hydrogen-bond acceptors (Lipinski definition) is 6. The lowest BCUT2D eigenvalue weighted by molar-refractivity contribution is -0.120. The van der Waals surface area contributed by atoms with Crippen LogP contribution in [0.1, 0.15) is 26.3 Å². The first-order valence-electron chi connectivity index (χ1n) is 9.97. The van der Waals surface area contributed by atoms with E-state index >= 15 is 0 Å². The van der Waals surface area contributed by atoms with Crippen LogP contribution in [0.5, 0.6) is 11.5 Å². The summed E-state index contributed by atoms with van der Waals surface area (Å²) in [5.41, 5.74) is 3.23. The fourth-order valence-corrected chi connectivity index (χ4v) is 3.01. The van der Waals surface area contributed by atoms with Crippen molar-refractivity contribution in [1.29, 1.82) is 0 Å². The molecule has 3 aromatic rings. The highest BCUT2D eigenvalue weighted by Gasteiger charge is 2.14. The summed E-state index contributed by atoms with van der Waals surface area (Å²) in [6.45, 7) is -0.333. The van der Waals surface area contributed by atoms with Gasteiger partial charge in [-0.2, -0.15) is 5.10 Å². The zero-order chi connectivity index (χ0) is 25.4. The number of esters is 1. The van der Waals surface area contributed by atoms with Gasteiger partial charge in [0, 0.05) is 5.56 Å². The number of halogens is 3. The molecular formula is C24H18Cl2FN3O5. The van der Waals surface area contributed by atoms with Crippen LogP contribution in [0.25, 0.3) is 0 Å². The standard InChI is InChI=1S/C24H18Cl2FN3O5/c1-34-21-10-14(2-9-20(21)35-24(33)16-5-8-18(25)19(26)11-16)12-29-30-22(31)13-28-23(32)15-3-6-17(27)7-4-15/h2-12H,13H2,1H3,(H,28,32)(H,30,31)/b29-12-. The Hall–Kier alpha value is -3.95. The van der Waals surface area contributed by atoms with Gasteiger partial charge in [0.2, 0.25) is 0 Å². The van der Waals surface area contributed by atoms with Gasteiger partial charge in [0.25, 0.3) is 11.8 Å². The van der Waals surface area contributed by atoms with Crippen molar-refractivity contribution < 1.29 is 28.2 Å². The molecule has 3 rings (SSSR count). The van der Waals surface area contributed by atoms with Gasteiger partial charge in [-0.05, 0) is 66.2 Å². The largest absolute Gasteiger partial charge is 0.493 e. The van der Waals surface area contributed by atoms with Gasteiger partial charge in [0.05, 0.1) is 35.5 Å². The normalized spacial score (nSPS) is 10.6. The highest BCUT2D eigenvalue weighted by atomic mass is 35.5. The number of nitrogens with one attached hydrogen (secondary N) is 2. The van der Waals surface area contributed by atoms with Crippen LogP contribution in [0.15, 0.2) is 65.8 Å². The molecule has 35 heavy (non-hydrogen) atoms. The van der Waals surface area contributed by atoms with E-state index in [1.165, 1.54) is 49.7 Å². The number of benzene rings is 3. The van der Waals surface area contributed by atoms with Crippen LogP contribution < -0.4 is 20.2 Å². The SMILES string of the molecule is COc1cc(/C=N\NC(=O)CNC(=O)c2ccc(F)cc2)ccc1OC(=O)c1ccc(Cl)c(Cl)c1. The van der Waals surface area contributed by atoms with E-state index in [2.05, 4.69) is 15.8 Å². The minimum absolute atomic E-state index is 0.160. The number of rotatable bonds is 8. The van der Waals surface area contributed by atoms with Gasteiger partial charge in [-0.1, -0.05) is 23.2 Å². The van der Waals surface area contributed by atoms with E-state index in [4.69, 9.17) is 32.7 Å². The third-order valence-electron chi connectivity index (χ3n) is 4.46. The Morgan fingerprint density at radius 2 is 1.66 bits per heavy atom. The second kappa shape index (κ2) is 12.0. The molecular weight excluding hydrogens is 500 g/mol. The molecule has 0 heterocycles. The van der Waals surface area contributed by atoms with Crippen molar-refractivity contribution >= 4 is 47.2 Å². The lowest BCUT2D eigenvalue weighted by atomic mass is 10.2. The number of amides is 2. The van der Waals surface area contributed by atoms with Crippen molar-refractivity contribution in [2.75, 3.05) is 13.7 Å². The quantitative estimate of drug-likeness (QED) is 0.201. The van der Waals surface area contributed by atoms with Crippen LogP contribution in [-0.4, -0.2) is 37.7 Å². The van der Waals surface area contributed by atoms with Gasteiger partial charge >= 0.3 is 5.97 Å². The van der Waals surface area contributed by atoms with E-state index in [0.29, 0.717) is 10.6 Å². The fraction of sp³-hybridized carbons (Fsp3) is 0.0833. The smallest absolute Gasteiger partial charge is 0.343 e. The average Bonchev–Trinajstić information content (AvgIpc) is 2.85. The lowest BCUT2D eigenvalue weighted by Gasteiger charge is -2.10. The summed E-state index contributed by atoms with van der Waals surface area (Å²) in [5, 5.41) is 6.75. The summed E-state index contributed by atoms with van der Waals surface area (Å²) in [7, 11) is 1.40. The van der Waals surface area contributed by atoms with Crippen molar-refractivity contribution in [3.63, 3.8) is 0 Å². The summed E-state index contributed by atoms with van der Waals surface area (Å²) < 4.78 is 23.5. The van der Waals surface area contributed by atoms with Crippen molar-refractivity contribution in [3.8, 4) is 11.5 Å². The maximum absolute atomic E-state index is 12.9. The third kappa shape index (κ3) is 7.26. The maximum Gasteiger partial charge on any atom is 0.343 e. The first-order valence-corrected chi connectivity index (χ1v) is 10.7. The molecule has 0 saturated heterocycles. The van der Waals surface area contributed by atoms with Crippen molar-refractivity contribution in [2.24, 2.45) is 5.10 Å². The molecule has 0 atom stereocenters. The van der Waals surface area contributed by atoms with Gasteiger partial charge in [0.15, 0.2) is 11.5 Å². The Labute approximate surface area is 209 Å². The molecule has 0 aliphatic rings. The molecule has 2 amide bonds. The number of hydrogen-bond donors (Lipinski definition) is 2. The van der Waals surface area contributed by atoms with Crippen molar-refractivity contribution in [1.82, 2.24) is 10.7 Å². The fourth-order valence-electron chi connectivity index (χ4n) is 2.71. The minimum atomic E-state index is -0.654. The molecule has 0 bridgehead atoms. The predicted molar refractivity (Wildman–Crippen MR) is 129 cm³/mol. The van der Waals surface area contributed by atoms with E-state index in [0.717, 1.165) is 12.1 Å². The molecule has 2 N–H and O–H groups in total. The Morgan fingerprint density at radius 3 is 2.34 bits per heavy atom. The second-order valence-corrected chi connectivity index (χ2v) is 7.73. The van der Waals surface area contributed by atoms with E-state index in [1.807, 2.05) is 0 Å². The van der Waals surface area contributed by atoms with Crippen molar-refractivity contribution in [2.45, 2.75) is 0 Å². The summed E-state index contributed by atoms with van der Waals surface area (Å²) in [4.78, 5) is 36.2. The number of carbonyl (C=O) groups is 3. The molecule has 180 valence electrons.